The van der Waals surface area contributed by atoms with Gasteiger partial charge in [0.15, 0.2) is 0 Å². The quantitative estimate of drug-likeness (QED) is 0.871. The number of hydrogen-bond donors (Lipinski definition) is 2. The van der Waals surface area contributed by atoms with Crippen molar-refractivity contribution in [3.63, 3.8) is 0 Å². The van der Waals surface area contributed by atoms with Crippen molar-refractivity contribution in [2.75, 3.05) is 36.9 Å². The van der Waals surface area contributed by atoms with Crippen molar-refractivity contribution >= 4 is 11.8 Å². The molecule has 1 atom stereocenters. The van der Waals surface area contributed by atoms with Crippen LogP contribution < -0.4 is 15.5 Å². The fraction of sp³-hybridized carbons (Fsp3) is 0.750. The third kappa shape index (κ3) is 3.84. The van der Waals surface area contributed by atoms with Crippen molar-refractivity contribution in [1.29, 1.82) is 0 Å². The fourth-order valence-electron chi connectivity index (χ4n) is 3.44. The van der Waals surface area contributed by atoms with Gasteiger partial charge in [0.05, 0.1) is 0 Å². The highest BCUT2D eigenvalue weighted by Gasteiger charge is 2.22. The summed E-state index contributed by atoms with van der Waals surface area (Å²) in [7, 11) is 2.03. The van der Waals surface area contributed by atoms with Gasteiger partial charge in [0.25, 0.3) is 0 Å². The van der Waals surface area contributed by atoms with Gasteiger partial charge in [0, 0.05) is 31.9 Å². The molecular weight excluding hydrogens is 262 g/mol. The molecule has 1 aromatic rings. The summed E-state index contributed by atoms with van der Waals surface area (Å²) in [5.41, 5.74) is 0. The normalized spacial score (nSPS) is 23.5. The molecule has 5 heteroatoms. The zero-order valence-electron chi connectivity index (χ0n) is 13.0. The van der Waals surface area contributed by atoms with Crippen molar-refractivity contribution in [1.82, 2.24) is 15.3 Å². The number of likely N-dealkylation sites (N-methyl/N-ethyl adjacent to an activating group) is 1. The third-order valence-corrected chi connectivity index (χ3v) is 4.83. The van der Waals surface area contributed by atoms with Crippen LogP contribution in [0.15, 0.2) is 12.3 Å². The smallest absolute Gasteiger partial charge is 0.224 e. The minimum atomic E-state index is 0.582. The summed E-state index contributed by atoms with van der Waals surface area (Å²) in [4.78, 5) is 11.4. The first-order valence-corrected chi connectivity index (χ1v) is 8.34. The number of anilines is 2. The largest absolute Gasteiger partial charge is 0.355 e. The van der Waals surface area contributed by atoms with Gasteiger partial charge in [-0.05, 0) is 38.3 Å². The Bertz CT molecular complexity index is 444. The van der Waals surface area contributed by atoms with Gasteiger partial charge in [-0.3, -0.25) is 0 Å². The first kappa shape index (κ1) is 14.6. The number of rotatable bonds is 5. The van der Waals surface area contributed by atoms with Gasteiger partial charge in [0.2, 0.25) is 5.95 Å². The number of aromatic nitrogens is 2. The number of nitrogens with one attached hydrogen (secondary N) is 2. The van der Waals surface area contributed by atoms with Crippen LogP contribution in [0.1, 0.15) is 38.5 Å². The second-order valence-electron chi connectivity index (χ2n) is 6.34. The summed E-state index contributed by atoms with van der Waals surface area (Å²) in [6, 6.07) is 2.60. The average molecular weight is 289 g/mol. The highest BCUT2D eigenvalue weighted by Crippen LogP contribution is 2.24. The van der Waals surface area contributed by atoms with Crippen molar-refractivity contribution < 1.29 is 0 Å². The monoisotopic (exact) mass is 289 g/mol. The average Bonchev–Trinajstić information content (AvgIpc) is 3.03. The highest BCUT2D eigenvalue weighted by atomic mass is 15.3. The van der Waals surface area contributed by atoms with E-state index >= 15 is 0 Å². The molecule has 1 saturated heterocycles. The summed E-state index contributed by atoms with van der Waals surface area (Å²) in [6.45, 7) is 3.13. The van der Waals surface area contributed by atoms with Crippen molar-refractivity contribution in [2.45, 2.75) is 44.6 Å². The maximum absolute atomic E-state index is 4.68. The molecular formula is C16H27N5. The molecule has 1 aromatic heterocycles. The number of nitrogens with zero attached hydrogens (tertiary/aromatic N) is 3. The molecule has 2 aliphatic rings. The predicted octanol–water partition coefficient (Wildman–Crippen LogP) is 2.27. The van der Waals surface area contributed by atoms with E-state index in [0.29, 0.717) is 6.04 Å². The van der Waals surface area contributed by atoms with Crippen LogP contribution in [0.25, 0.3) is 0 Å². The molecule has 1 aliphatic heterocycles. The molecule has 1 aliphatic carbocycles. The Balaban J connectivity index is 1.55. The van der Waals surface area contributed by atoms with Gasteiger partial charge >= 0.3 is 0 Å². The molecule has 0 amide bonds. The van der Waals surface area contributed by atoms with E-state index in [4.69, 9.17) is 0 Å². The molecule has 5 nitrogen and oxygen atoms in total. The molecule has 0 bridgehead atoms. The second-order valence-corrected chi connectivity index (χ2v) is 6.34. The van der Waals surface area contributed by atoms with Crippen LogP contribution in [0.5, 0.6) is 0 Å². The topological polar surface area (TPSA) is 53.1 Å². The lowest BCUT2D eigenvalue weighted by molar-refractivity contribution is 0.373. The summed E-state index contributed by atoms with van der Waals surface area (Å²) in [6.07, 6.45) is 9.93. The van der Waals surface area contributed by atoms with Crippen LogP contribution in [-0.2, 0) is 0 Å². The van der Waals surface area contributed by atoms with Crippen LogP contribution >= 0.6 is 0 Å². The van der Waals surface area contributed by atoms with Crippen molar-refractivity contribution in [3.05, 3.63) is 12.3 Å². The Kier molecular flexibility index (Phi) is 4.91. The molecule has 2 fully saturated rings. The van der Waals surface area contributed by atoms with E-state index in [1.54, 1.807) is 0 Å². The Labute approximate surface area is 127 Å². The summed E-state index contributed by atoms with van der Waals surface area (Å²) in [5, 5.41) is 6.78. The molecule has 3 rings (SSSR count). The standard InChI is InChI=1S/C16H27N5/c1-17-14-8-10-21(12-14)15-7-9-18-16(20-15)19-11-13-5-3-2-4-6-13/h7,9,13-14,17H,2-6,8,10-12H2,1H3,(H,18,19,20)/t14-/m1/s1. The van der Waals surface area contributed by atoms with E-state index in [9.17, 15) is 0 Å². The zero-order valence-corrected chi connectivity index (χ0v) is 13.0. The second kappa shape index (κ2) is 7.07. The van der Waals surface area contributed by atoms with Crippen molar-refractivity contribution in [3.8, 4) is 0 Å². The molecule has 0 aromatic carbocycles. The Hall–Kier alpha value is -1.36. The molecule has 1 saturated carbocycles. The van der Waals surface area contributed by atoms with Crippen LogP contribution in [0.2, 0.25) is 0 Å². The van der Waals surface area contributed by atoms with Gasteiger partial charge in [0.1, 0.15) is 5.82 Å². The fourth-order valence-corrected chi connectivity index (χ4v) is 3.44. The molecule has 21 heavy (non-hydrogen) atoms. The van der Waals surface area contributed by atoms with Crippen LogP contribution in [-0.4, -0.2) is 42.7 Å². The summed E-state index contributed by atoms with van der Waals surface area (Å²) >= 11 is 0. The minimum absolute atomic E-state index is 0.582. The Morgan fingerprint density at radius 3 is 2.86 bits per heavy atom. The molecule has 0 radical (unpaired) electrons. The van der Waals surface area contributed by atoms with E-state index in [-0.39, 0.29) is 0 Å². The third-order valence-electron chi connectivity index (χ3n) is 4.83. The molecule has 116 valence electrons. The minimum Gasteiger partial charge on any atom is -0.355 e. The zero-order chi connectivity index (χ0) is 14.5. The lowest BCUT2D eigenvalue weighted by Gasteiger charge is -2.22. The highest BCUT2D eigenvalue weighted by molar-refractivity contribution is 5.43. The lowest BCUT2D eigenvalue weighted by Crippen LogP contribution is -2.30. The van der Waals surface area contributed by atoms with Crippen LogP contribution in [0.4, 0.5) is 11.8 Å². The maximum Gasteiger partial charge on any atom is 0.224 e. The van der Waals surface area contributed by atoms with E-state index in [1.807, 2.05) is 19.3 Å². The first-order chi connectivity index (χ1) is 10.3. The molecule has 2 N–H and O–H groups in total. The van der Waals surface area contributed by atoms with E-state index in [2.05, 4.69) is 25.5 Å². The molecule has 0 spiro atoms. The summed E-state index contributed by atoms with van der Waals surface area (Å²) in [5.74, 6) is 2.63. The van der Waals surface area contributed by atoms with E-state index in [1.165, 1.54) is 38.5 Å². The van der Waals surface area contributed by atoms with Gasteiger partial charge in [-0.2, -0.15) is 4.98 Å². The van der Waals surface area contributed by atoms with Gasteiger partial charge < -0.3 is 15.5 Å². The van der Waals surface area contributed by atoms with Gasteiger partial charge in [-0.15, -0.1) is 0 Å². The Morgan fingerprint density at radius 2 is 2.10 bits per heavy atom. The van der Waals surface area contributed by atoms with Crippen LogP contribution in [0, 0.1) is 5.92 Å². The predicted molar refractivity (Wildman–Crippen MR) is 86.8 cm³/mol. The van der Waals surface area contributed by atoms with E-state index < -0.39 is 0 Å². The van der Waals surface area contributed by atoms with Gasteiger partial charge in [-0.1, -0.05) is 19.3 Å². The SMILES string of the molecule is CN[C@@H]1CCN(c2ccnc(NCC3CCCCC3)n2)C1. The van der Waals surface area contributed by atoms with Crippen molar-refractivity contribution in [2.24, 2.45) is 5.92 Å². The number of hydrogen-bond acceptors (Lipinski definition) is 5. The maximum atomic E-state index is 4.68. The van der Waals surface area contributed by atoms with E-state index in [0.717, 1.165) is 37.3 Å². The first-order valence-electron chi connectivity index (χ1n) is 8.34. The molecule has 0 unspecified atom stereocenters. The lowest BCUT2D eigenvalue weighted by atomic mass is 9.89. The molecule has 2 heterocycles. The van der Waals surface area contributed by atoms with Crippen LogP contribution in [0.3, 0.4) is 0 Å². The Morgan fingerprint density at radius 1 is 1.24 bits per heavy atom. The van der Waals surface area contributed by atoms with Gasteiger partial charge in [-0.25, -0.2) is 4.98 Å². The summed E-state index contributed by atoms with van der Waals surface area (Å²) < 4.78 is 0.